The van der Waals surface area contributed by atoms with Gasteiger partial charge in [0, 0.05) is 31.5 Å². The third kappa shape index (κ3) is 4.46. The van der Waals surface area contributed by atoms with Crippen LogP contribution in [0.5, 0.6) is 5.75 Å². The van der Waals surface area contributed by atoms with E-state index in [1.54, 1.807) is 6.33 Å². The van der Waals surface area contributed by atoms with Gasteiger partial charge in [0.15, 0.2) is 5.75 Å². The van der Waals surface area contributed by atoms with Crippen molar-refractivity contribution in [2.45, 2.75) is 26.8 Å². The summed E-state index contributed by atoms with van der Waals surface area (Å²) < 4.78 is 7.74. The molecule has 1 N–H and O–H groups in total. The highest BCUT2D eigenvalue weighted by Crippen LogP contribution is 2.21. The van der Waals surface area contributed by atoms with E-state index in [9.17, 15) is 0 Å². The van der Waals surface area contributed by atoms with Crippen LogP contribution in [0.1, 0.15) is 23.4 Å². The molecule has 2 heterocycles. The Hall–Kier alpha value is -2.73. The van der Waals surface area contributed by atoms with Gasteiger partial charge in [0.05, 0.1) is 12.3 Å². The van der Waals surface area contributed by atoms with E-state index >= 15 is 0 Å². The summed E-state index contributed by atoms with van der Waals surface area (Å²) in [4.78, 5) is 8.16. The van der Waals surface area contributed by atoms with Crippen LogP contribution in [0.3, 0.4) is 0 Å². The summed E-state index contributed by atoms with van der Waals surface area (Å²) in [5.41, 5.74) is 5.42. The van der Waals surface area contributed by atoms with Crippen molar-refractivity contribution < 1.29 is 4.74 Å². The molecule has 0 bridgehead atoms. The summed E-state index contributed by atoms with van der Waals surface area (Å²) in [6.07, 6.45) is 6.16. The molecule has 0 spiro atoms. The number of aromatic nitrogens is 4. The largest absolute Gasteiger partial charge is 0.490 e. The zero-order valence-corrected chi connectivity index (χ0v) is 15.6. The van der Waals surface area contributed by atoms with Crippen LogP contribution in [0.15, 0.2) is 43.0 Å². The van der Waals surface area contributed by atoms with Crippen LogP contribution in [0, 0.1) is 13.8 Å². The van der Waals surface area contributed by atoms with Crippen molar-refractivity contribution in [1.82, 2.24) is 25.1 Å². The normalized spacial score (nSPS) is 10.9. The number of rotatable bonds is 8. The molecule has 0 fully saturated rings. The second-order valence-corrected chi connectivity index (χ2v) is 6.33. The topological polar surface area (TPSA) is 64.9 Å². The lowest BCUT2D eigenvalue weighted by atomic mass is 10.1. The van der Waals surface area contributed by atoms with Crippen LogP contribution in [0.25, 0.3) is 11.1 Å². The predicted molar refractivity (Wildman–Crippen MR) is 102 cm³/mol. The van der Waals surface area contributed by atoms with Crippen molar-refractivity contribution in [2.75, 3.05) is 13.2 Å². The molecule has 136 valence electrons. The summed E-state index contributed by atoms with van der Waals surface area (Å²) in [6.45, 7) is 6.41. The lowest BCUT2D eigenvalue weighted by molar-refractivity contribution is 0.304. The van der Waals surface area contributed by atoms with Crippen molar-refractivity contribution >= 4 is 0 Å². The minimum absolute atomic E-state index is 0.682. The molecule has 3 aromatic rings. The van der Waals surface area contributed by atoms with Gasteiger partial charge in [-0.1, -0.05) is 18.2 Å². The van der Waals surface area contributed by atoms with E-state index in [-0.39, 0.29) is 0 Å². The molecular weight excluding hydrogens is 326 g/mol. The molecule has 0 saturated carbocycles. The molecule has 0 radical (unpaired) electrons. The first-order valence-electron chi connectivity index (χ1n) is 8.83. The van der Waals surface area contributed by atoms with Crippen LogP contribution in [-0.2, 0) is 13.6 Å². The van der Waals surface area contributed by atoms with Gasteiger partial charge in [-0.25, -0.2) is 9.97 Å². The molecule has 3 rings (SSSR count). The first-order chi connectivity index (χ1) is 12.6. The monoisotopic (exact) mass is 351 g/mol. The van der Waals surface area contributed by atoms with Gasteiger partial charge in [0.1, 0.15) is 12.0 Å². The molecule has 0 amide bonds. The Kier molecular flexibility index (Phi) is 5.96. The molecular formula is C20H25N5O. The maximum atomic E-state index is 5.88. The molecule has 1 aromatic carbocycles. The molecule has 0 aliphatic carbocycles. The minimum Gasteiger partial charge on any atom is -0.490 e. The van der Waals surface area contributed by atoms with Crippen LogP contribution in [-0.4, -0.2) is 32.9 Å². The van der Waals surface area contributed by atoms with Crippen molar-refractivity contribution in [3.8, 4) is 16.9 Å². The van der Waals surface area contributed by atoms with E-state index in [4.69, 9.17) is 4.74 Å². The average molecular weight is 351 g/mol. The smallest absolute Gasteiger partial charge is 0.162 e. The summed E-state index contributed by atoms with van der Waals surface area (Å²) in [5.74, 6) is 0.908. The van der Waals surface area contributed by atoms with Crippen LogP contribution in [0.2, 0.25) is 0 Å². The number of hydrogen-bond donors (Lipinski definition) is 1. The molecule has 0 unspecified atom stereocenters. The van der Waals surface area contributed by atoms with Crippen molar-refractivity contribution in [3.05, 3.63) is 59.9 Å². The van der Waals surface area contributed by atoms with Crippen LogP contribution < -0.4 is 10.1 Å². The maximum Gasteiger partial charge on any atom is 0.162 e. The van der Waals surface area contributed by atoms with Crippen LogP contribution in [0.4, 0.5) is 0 Å². The van der Waals surface area contributed by atoms with Gasteiger partial charge < -0.3 is 10.1 Å². The molecule has 6 heteroatoms. The molecule has 0 aliphatic heterocycles. The number of aryl methyl sites for hydroxylation is 2. The van der Waals surface area contributed by atoms with Gasteiger partial charge in [-0.3, -0.25) is 4.68 Å². The van der Waals surface area contributed by atoms with Gasteiger partial charge in [-0.05, 0) is 44.0 Å². The SMILES string of the molecule is Cc1nn(C)c(C)c1OCCCNCc1cccc(-c2cncnc2)c1. The third-order valence-corrected chi connectivity index (χ3v) is 4.34. The van der Waals surface area contributed by atoms with E-state index in [0.29, 0.717) is 6.61 Å². The highest BCUT2D eigenvalue weighted by molar-refractivity contribution is 5.62. The fourth-order valence-corrected chi connectivity index (χ4v) is 2.88. The van der Waals surface area contributed by atoms with Gasteiger partial charge in [-0.15, -0.1) is 0 Å². The summed E-state index contributed by atoms with van der Waals surface area (Å²) >= 11 is 0. The van der Waals surface area contributed by atoms with Crippen molar-refractivity contribution in [2.24, 2.45) is 7.05 Å². The highest BCUT2D eigenvalue weighted by atomic mass is 16.5. The van der Waals surface area contributed by atoms with E-state index < -0.39 is 0 Å². The van der Waals surface area contributed by atoms with E-state index in [1.165, 1.54) is 5.56 Å². The van der Waals surface area contributed by atoms with Gasteiger partial charge in [0.2, 0.25) is 0 Å². The Bertz CT molecular complexity index is 845. The Labute approximate surface area is 154 Å². The first kappa shape index (κ1) is 18.1. The fourth-order valence-electron chi connectivity index (χ4n) is 2.88. The summed E-state index contributed by atoms with van der Waals surface area (Å²) in [5, 5.41) is 7.83. The number of hydrogen-bond acceptors (Lipinski definition) is 5. The maximum absolute atomic E-state index is 5.88. The summed E-state index contributed by atoms with van der Waals surface area (Å²) in [6, 6.07) is 8.44. The predicted octanol–water partition coefficient (Wildman–Crippen LogP) is 3.05. The van der Waals surface area contributed by atoms with Gasteiger partial charge in [0.25, 0.3) is 0 Å². The molecule has 6 nitrogen and oxygen atoms in total. The highest BCUT2D eigenvalue weighted by Gasteiger charge is 2.09. The number of benzene rings is 1. The lowest BCUT2D eigenvalue weighted by Crippen LogP contribution is -2.17. The molecule has 2 aromatic heterocycles. The zero-order chi connectivity index (χ0) is 18.4. The average Bonchev–Trinajstić information content (AvgIpc) is 2.91. The molecule has 0 aliphatic rings. The van der Waals surface area contributed by atoms with E-state index in [2.05, 4.69) is 44.6 Å². The second-order valence-electron chi connectivity index (χ2n) is 6.33. The van der Waals surface area contributed by atoms with Crippen molar-refractivity contribution in [3.63, 3.8) is 0 Å². The Morgan fingerprint density at radius 1 is 1.12 bits per heavy atom. The third-order valence-electron chi connectivity index (χ3n) is 4.34. The Morgan fingerprint density at radius 3 is 2.65 bits per heavy atom. The number of nitrogens with zero attached hydrogens (tertiary/aromatic N) is 4. The molecule has 26 heavy (non-hydrogen) atoms. The number of ether oxygens (including phenoxy) is 1. The Balaban J connectivity index is 1.43. The minimum atomic E-state index is 0.682. The first-order valence-corrected chi connectivity index (χ1v) is 8.83. The van der Waals surface area contributed by atoms with Crippen molar-refractivity contribution in [1.29, 1.82) is 0 Å². The quantitative estimate of drug-likeness (QED) is 0.632. The fraction of sp³-hybridized carbons (Fsp3) is 0.350. The summed E-state index contributed by atoms with van der Waals surface area (Å²) in [7, 11) is 1.94. The molecule has 0 saturated heterocycles. The van der Waals surface area contributed by atoms with Gasteiger partial charge in [-0.2, -0.15) is 5.10 Å². The van der Waals surface area contributed by atoms with E-state index in [0.717, 1.165) is 47.8 Å². The lowest BCUT2D eigenvalue weighted by Gasteiger charge is -2.09. The second kappa shape index (κ2) is 8.58. The van der Waals surface area contributed by atoms with Crippen LogP contribution >= 0.6 is 0 Å². The standard InChI is InChI=1S/C20H25N5O/c1-15-20(16(2)25(3)24-15)26-9-5-8-21-11-17-6-4-7-18(10-17)19-12-22-14-23-13-19/h4,6-7,10,12-14,21H,5,8-9,11H2,1-3H3. The molecule has 0 atom stereocenters. The van der Waals surface area contributed by atoms with Gasteiger partial charge >= 0.3 is 0 Å². The Morgan fingerprint density at radius 2 is 1.92 bits per heavy atom. The number of nitrogens with one attached hydrogen (secondary N) is 1. The zero-order valence-electron chi connectivity index (χ0n) is 15.6. The van der Waals surface area contributed by atoms with E-state index in [1.807, 2.05) is 38.0 Å².